The molecule has 1 aromatic carbocycles. The zero-order valence-corrected chi connectivity index (χ0v) is 16.6. The summed E-state index contributed by atoms with van der Waals surface area (Å²) in [5, 5.41) is 10.5. The van der Waals surface area contributed by atoms with Gasteiger partial charge in [-0.25, -0.2) is 4.79 Å². The Balaban J connectivity index is 2.12. The Morgan fingerprint density at radius 1 is 1.32 bits per heavy atom. The first-order valence-electron chi connectivity index (χ1n) is 8.38. The van der Waals surface area contributed by atoms with Gasteiger partial charge >= 0.3 is 5.97 Å². The fourth-order valence-corrected chi connectivity index (χ4v) is 3.36. The summed E-state index contributed by atoms with van der Waals surface area (Å²) < 4.78 is 16.5. The molecule has 0 fully saturated rings. The molecule has 1 aliphatic heterocycles. The van der Waals surface area contributed by atoms with Crippen LogP contribution >= 0.6 is 23.2 Å². The van der Waals surface area contributed by atoms with Crippen LogP contribution < -0.4 is 5.73 Å². The Bertz CT molecular complexity index is 1050. The van der Waals surface area contributed by atoms with Crippen molar-refractivity contribution in [1.82, 2.24) is 0 Å². The fourth-order valence-electron chi connectivity index (χ4n) is 2.98. The van der Waals surface area contributed by atoms with Gasteiger partial charge in [0.05, 0.1) is 23.1 Å². The number of ether oxygens (including phenoxy) is 2. The number of nitriles is 1. The second-order valence-corrected chi connectivity index (χ2v) is 6.78. The maximum atomic E-state index is 12.5. The summed E-state index contributed by atoms with van der Waals surface area (Å²) in [6.07, 6.45) is 0. The normalized spacial score (nSPS) is 16.6. The van der Waals surface area contributed by atoms with Gasteiger partial charge in [-0.1, -0.05) is 23.2 Å². The number of hydrogen-bond donors (Lipinski definition) is 1. The highest BCUT2D eigenvalue weighted by atomic mass is 35.5. The first-order valence-corrected chi connectivity index (χ1v) is 9.13. The van der Waals surface area contributed by atoms with E-state index in [0.717, 1.165) is 0 Å². The number of hydrogen-bond acceptors (Lipinski definition) is 6. The maximum Gasteiger partial charge on any atom is 0.338 e. The highest BCUT2D eigenvalue weighted by Crippen LogP contribution is 2.42. The Kier molecular flexibility index (Phi) is 5.68. The number of nitrogens with zero attached hydrogens (tertiary/aromatic N) is 1. The predicted molar refractivity (Wildman–Crippen MR) is 104 cm³/mol. The molecular formula is C20H16Cl2N2O4. The first-order chi connectivity index (χ1) is 13.4. The molecule has 3 rings (SSSR count). The summed E-state index contributed by atoms with van der Waals surface area (Å²) in [6.45, 7) is 3.44. The second-order valence-electron chi connectivity index (χ2n) is 5.94. The van der Waals surface area contributed by atoms with Crippen molar-refractivity contribution in [3.05, 3.63) is 68.9 Å². The van der Waals surface area contributed by atoms with Crippen molar-refractivity contribution in [2.75, 3.05) is 6.61 Å². The molecule has 0 aliphatic carbocycles. The van der Waals surface area contributed by atoms with Crippen molar-refractivity contribution in [1.29, 1.82) is 5.26 Å². The molecule has 0 bridgehead atoms. The van der Waals surface area contributed by atoms with Gasteiger partial charge in [-0.3, -0.25) is 0 Å². The molecule has 6 nitrogen and oxygen atoms in total. The van der Waals surface area contributed by atoms with E-state index in [1.165, 1.54) is 0 Å². The molecular weight excluding hydrogens is 403 g/mol. The minimum atomic E-state index is -0.857. The van der Waals surface area contributed by atoms with Gasteiger partial charge in [-0.2, -0.15) is 5.26 Å². The van der Waals surface area contributed by atoms with Crippen molar-refractivity contribution in [2.45, 2.75) is 19.8 Å². The minimum absolute atomic E-state index is 0.0618. The zero-order chi connectivity index (χ0) is 20.4. The van der Waals surface area contributed by atoms with Gasteiger partial charge in [0.25, 0.3) is 0 Å². The lowest BCUT2D eigenvalue weighted by Gasteiger charge is -2.25. The van der Waals surface area contributed by atoms with Gasteiger partial charge in [0.2, 0.25) is 5.88 Å². The third-order valence-electron chi connectivity index (χ3n) is 4.21. The van der Waals surface area contributed by atoms with Gasteiger partial charge in [0, 0.05) is 10.6 Å². The summed E-state index contributed by atoms with van der Waals surface area (Å²) in [5.41, 5.74) is 6.68. The van der Waals surface area contributed by atoms with Crippen molar-refractivity contribution >= 4 is 29.2 Å². The molecule has 2 N–H and O–H groups in total. The number of allylic oxidation sites excluding steroid dienone is 2. The van der Waals surface area contributed by atoms with E-state index in [1.807, 2.05) is 6.07 Å². The highest BCUT2D eigenvalue weighted by molar-refractivity contribution is 6.35. The first kappa shape index (κ1) is 19.9. The van der Waals surface area contributed by atoms with E-state index < -0.39 is 11.9 Å². The molecule has 144 valence electrons. The molecule has 1 atom stereocenters. The summed E-state index contributed by atoms with van der Waals surface area (Å²) in [6, 6.07) is 10.3. The molecule has 1 unspecified atom stereocenters. The summed E-state index contributed by atoms with van der Waals surface area (Å²) in [4.78, 5) is 12.5. The Hall–Kier alpha value is -2.88. The lowest BCUT2D eigenvalue weighted by Crippen LogP contribution is -2.25. The second kappa shape index (κ2) is 8.01. The van der Waals surface area contributed by atoms with Crippen LogP contribution in [0.1, 0.15) is 25.5 Å². The van der Waals surface area contributed by atoms with Crippen LogP contribution in [0.3, 0.4) is 0 Å². The van der Waals surface area contributed by atoms with E-state index in [1.54, 1.807) is 44.2 Å². The summed E-state index contributed by atoms with van der Waals surface area (Å²) in [7, 11) is 0. The largest absolute Gasteiger partial charge is 0.463 e. The Morgan fingerprint density at radius 3 is 2.75 bits per heavy atom. The SMILES string of the molecule is CCOC(=O)C1=C(C)OC(N)=C(C#N)C1c1ccc(-c2cc(Cl)ccc2Cl)o1. The molecule has 0 amide bonds. The van der Waals surface area contributed by atoms with Gasteiger partial charge in [-0.05, 0) is 44.2 Å². The van der Waals surface area contributed by atoms with Crippen LogP contribution in [0.15, 0.2) is 57.5 Å². The lowest BCUT2D eigenvalue weighted by molar-refractivity contribution is -0.139. The van der Waals surface area contributed by atoms with E-state index >= 15 is 0 Å². The monoisotopic (exact) mass is 418 g/mol. The minimum Gasteiger partial charge on any atom is -0.463 e. The number of halogens is 2. The third kappa shape index (κ3) is 3.59. The van der Waals surface area contributed by atoms with E-state index in [0.29, 0.717) is 27.1 Å². The molecule has 0 radical (unpaired) electrons. The molecule has 1 aromatic heterocycles. The van der Waals surface area contributed by atoms with Crippen molar-refractivity contribution in [3.8, 4) is 17.4 Å². The highest BCUT2D eigenvalue weighted by Gasteiger charge is 2.38. The summed E-state index contributed by atoms with van der Waals surface area (Å²) >= 11 is 12.3. The number of furan rings is 1. The number of benzene rings is 1. The van der Waals surface area contributed by atoms with Crippen molar-refractivity contribution in [2.24, 2.45) is 5.73 Å². The molecule has 8 heteroatoms. The predicted octanol–water partition coefficient (Wildman–Crippen LogP) is 4.90. The molecule has 0 spiro atoms. The molecule has 1 aliphatic rings. The molecule has 0 saturated carbocycles. The van der Waals surface area contributed by atoms with Gasteiger partial charge in [0.1, 0.15) is 28.9 Å². The molecule has 28 heavy (non-hydrogen) atoms. The lowest BCUT2D eigenvalue weighted by atomic mass is 9.87. The van der Waals surface area contributed by atoms with E-state index in [4.69, 9.17) is 42.8 Å². The average Bonchev–Trinajstić information content (AvgIpc) is 3.12. The quantitative estimate of drug-likeness (QED) is 0.708. The van der Waals surface area contributed by atoms with Crippen LogP contribution in [0, 0.1) is 11.3 Å². The third-order valence-corrected chi connectivity index (χ3v) is 4.77. The topological polar surface area (TPSA) is 98.5 Å². The van der Waals surface area contributed by atoms with E-state index in [-0.39, 0.29) is 29.4 Å². The van der Waals surface area contributed by atoms with Gasteiger partial charge in [0.15, 0.2) is 0 Å². The average molecular weight is 419 g/mol. The van der Waals surface area contributed by atoms with Crippen LogP contribution in [0.5, 0.6) is 0 Å². The Labute approximate surface area is 171 Å². The number of carbonyl (C=O) groups is 1. The van der Waals surface area contributed by atoms with Crippen LogP contribution in [0.2, 0.25) is 10.0 Å². The van der Waals surface area contributed by atoms with Gasteiger partial charge in [-0.15, -0.1) is 0 Å². The number of rotatable bonds is 4. The number of nitrogens with two attached hydrogens (primary N) is 1. The maximum absolute atomic E-state index is 12.5. The summed E-state index contributed by atoms with van der Waals surface area (Å²) in [5.74, 6) is -0.536. The van der Waals surface area contributed by atoms with E-state index in [9.17, 15) is 10.1 Å². The van der Waals surface area contributed by atoms with Crippen molar-refractivity contribution in [3.63, 3.8) is 0 Å². The van der Waals surface area contributed by atoms with Crippen LogP contribution in [-0.2, 0) is 14.3 Å². The van der Waals surface area contributed by atoms with Crippen LogP contribution in [0.25, 0.3) is 11.3 Å². The Morgan fingerprint density at radius 2 is 2.07 bits per heavy atom. The van der Waals surface area contributed by atoms with Crippen molar-refractivity contribution < 1.29 is 18.7 Å². The smallest absolute Gasteiger partial charge is 0.338 e. The zero-order valence-electron chi connectivity index (χ0n) is 15.1. The standard InChI is InChI=1S/C20H16Cl2N2O4/c1-3-26-20(25)17-10(2)27-19(24)13(9-23)18(17)16-7-6-15(28-16)12-8-11(21)4-5-14(12)22/h4-8,18H,3,24H2,1-2H3. The van der Waals surface area contributed by atoms with Crippen LogP contribution in [0.4, 0.5) is 0 Å². The van der Waals surface area contributed by atoms with Gasteiger partial charge < -0.3 is 19.6 Å². The molecule has 2 aromatic rings. The molecule has 2 heterocycles. The van der Waals surface area contributed by atoms with E-state index in [2.05, 4.69) is 0 Å². The fraction of sp³-hybridized carbons (Fsp3) is 0.200. The van der Waals surface area contributed by atoms with Crippen LogP contribution in [-0.4, -0.2) is 12.6 Å². The number of esters is 1. The molecule has 0 saturated heterocycles. The number of carbonyl (C=O) groups excluding carboxylic acids is 1.